The van der Waals surface area contributed by atoms with Crippen LogP contribution in [0.25, 0.3) is 0 Å². The van der Waals surface area contributed by atoms with Gasteiger partial charge in [-0.2, -0.15) is 0 Å². The van der Waals surface area contributed by atoms with Gasteiger partial charge in [-0.25, -0.2) is 0 Å². The van der Waals surface area contributed by atoms with Gasteiger partial charge < -0.3 is 5.11 Å². The van der Waals surface area contributed by atoms with Gasteiger partial charge in [0, 0.05) is 0 Å². The number of phenolic OH excluding ortho intramolecular Hbond substituents is 1. The van der Waals surface area contributed by atoms with E-state index in [1.807, 2.05) is 0 Å². The summed E-state index contributed by atoms with van der Waals surface area (Å²) >= 11 is 0. The molecule has 0 radical (unpaired) electrons. The van der Waals surface area contributed by atoms with Gasteiger partial charge in [0.1, 0.15) is 5.75 Å². The molecule has 0 aromatic heterocycles. The molecule has 2 aromatic rings. The fourth-order valence-corrected chi connectivity index (χ4v) is 3.00. The van der Waals surface area contributed by atoms with E-state index in [0.29, 0.717) is 5.75 Å². The molecule has 0 atom stereocenters. The van der Waals surface area contributed by atoms with E-state index in [4.69, 9.17) is 0 Å². The molecule has 1 heteroatoms. The molecular weight excluding hydrogens is 280 g/mol. The highest BCUT2D eigenvalue weighted by Gasteiger charge is 2.26. The summed E-state index contributed by atoms with van der Waals surface area (Å²) in [5.74, 6) is 0.456. The van der Waals surface area contributed by atoms with Gasteiger partial charge in [-0.05, 0) is 46.4 Å². The minimum Gasteiger partial charge on any atom is -0.507 e. The highest BCUT2D eigenvalue weighted by atomic mass is 16.3. The van der Waals surface area contributed by atoms with Crippen LogP contribution in [-0.2, 0) is 17.3 Å². The van der Waals surface area contributed by atoms with Crippen molar-refractivity contribution < 1.29 is 5.11 Å². The molecule has 0 fully saturated rings. The van der Waals surface area contributed by atoms with Gasteiger partial charge in [0.15, 0.2) is 0 Å². The molecule has 0 saturated heterocycles. The summed E-state index contributed by atoms with van der Waals surface area (Å²) < 4.78 is 0. The second-order valence-electron chi connectivity index (χ2n) is 8.71. The van der Waals surface area contributed by atoms with E-state index in [2.05, 4.69) is 84.9 Å². The van der Waals surface area contributed by atoms with E-state index < -0.39 is 0 Å². The van der Waals surface area contributed by atoms with Crippen LogP contribution in [0.4, 0.5) is 0 Å². The number of rotatable bonds is 2. The fraction of sp³-hybridized carbons (Fsp3) is 0.455. The van der Waals surface area contributed by atoms with Gasteiger partial charge in [-0.1, -0.05) is 83.5 Å². The van der Waals surface area contributed by atoms with Gasteiger partial charge in [-0.3, -0.25) is 0 Å². The largest absolute Gasteiger partial charge is 0.507 e. The first-order chi connectivity index (χ1) is 10.5. The molecule has 23 heavy (non-hydrogen) atoms. The molecular formula is C22H30O. The summed E-state index contributed by atoms with van der Waals surface area (Å²) in [6.07, 6.45) is 0.897. The predicted molar refractivity (Wildman–Crippen MR) is 99.5 cm³/mol. The molecule has 0 bridgehead atoms. The van der Waals surface area contributed by atoms with Crippen LogP contribution >= 0.6 is 0 Å². The molecule has 0 aliphatic carbocycles. The SMILES string of the molecule is Cc1cccc(Cc2cc(C(C)(C)C)c(O)c(C(C)(C)C)c2)c1. The van der Waals surface area contributed by atoms with Crippen LogP contribution in [0.5, 0.6) is 5.75 Å². The average molecular weight is 310 g/mol. The Bertz CT molecular complexity index is 662. The van der Waals surface area contributed by atoms with Crippen molar-refractivity contribution in [2.24, 2.45) is 0 Å². The van der Waals surface area contributed by atoms with Crippen LogP contribution in [-0.4, -0.2) is 5.11 Å². The molecule has 0 heterocycles. The van der Waals surface area contributed by atoms with Crippen molar-refractivity contribution in [2.45, 2.75) is 65.7 Å². The lowest BCUT2D eigenvalue weighted by Crippen LogP contribution is -2.18. The Morgan fingerprint density at radius 3 is 1.74 bits per heavy atom. The van der Waals surface area contributed by atoms with Crippen LogP contribution < -0.4 is 0 Å². The summed E-state index contributed by atoms with van der Waals surface area (Å²) in [6.45, 7) is 15.1. The zero-order valence-electron chi connectivity index (χ0n) is 15.6. The zero-order valence-corrected chi connectivity index (χ0v) is 15.6. The van der Waals surface area contributed by atoms with Crippen molar-refractivity contribution in [3.8, 4) is 5.75 Å². The van der Waals surface area contributed by atoms with Gasteiger partial charge in [0.2, 0.25) is 0 Å². The zero-order chi connectivity index (χ0) is 17.4. The fourth-order valence-electron chi connectivity index (χ4n) is 3.00. The summed E-state index contributed by atoms with van der Waals surface area (Å²) in [6, 6.07) is 13.0. The maximum absolute atomic E-state index is 10.8. The van der Waals surface area contributed by atoms with Gasteiger partial charge >= 0.3 is 0 Å². The number of benzene rings is 2. The van der Waals surface area contributed by atoms with Gasteiger partial charge in [-0.15, -0.1) is 0 Å². The molecule has 124 valence electrons. The third kappa shape index (κ3) is 4.16. The van der Waals surface area contributed by atoms with E-state index in [0.717, 1.165) is 17.5 Å². The van der Waals surface area contributed by atoms with Crippen molar-refractivity contribution >= 4 is 0 Å². The van der Waals surface area contributed by atoms with E-state index in [1.54, 1.807) is 0 Å². The first-order valence-corrected chi connectivity index (χ1v) is 8.41. The van der Waals surface area contributed by atoms with Crippen LogP contribution in [0.2, 0.25) is 0 Å². The Morgan fingerprint density at radius 2 is 1.30 bits per heavy atom. The normalized spacial score (nSPS) is 12.5. The number of phenols is 1. The van der Waals surface area contributed by atoms with E-state index in [-0.39, 0.29) is 10.8 Å². The van der Waals surface area contributed by atoms with Gasteiger partial charge in [0.25, 0.3) is 0 Å². The smallest absolute Gasteiger partial charge is 0.123 e. The Hall–Kier alpha value is -1.76. The van der Waals surface area contributed by atoms with Crippen molar-refractivity contribution in [1.29, 1.82) is 0 Å². The molecule has 1 N–H and O–H groups in total. The second kappa shape index (κ2) is 6.03. The maximum atomic E-state index is 10.8. The lowest BCUT2D eigenvalue weighted by atomic mass is 9.78. The number of aryl methyl sites for hydroxylation is 1. The Morgan fingerprint density at radius 1 is 0.783 bits per heavy atom. The van der Waals surface area contributed by atoms with E-state index in [1.165, 1.54) is 16.7 Å². The highest BCUT2D eigenvalue weighted by molar-refractivity contribution is 5.50. The van der Waals surface area contributed by atoms with Crippen LogP contribution in [0.15, 0.2) is 36.4 Å². The number of hydrogen-bond acceptors (Lipinski definition) is 1. The van der Waals surface area contributed by atoms with Crippen molar-refractivity contribution in [3.63, 3.8) is 0 Å². The number of hydrogen-bond donors (Lipinski definition) is 1. The van der Waals surface area contributed by atoms with Crippen LogP contribution in [0.1, 0.15) is 69.4 Å². The lowest BCUT2D eigenvalue weighted by Gasteiger charge is -2.28. The summed E-state index contributed by atoms with van der Waals surface area (Å²) in [4.78, 5) is 0. The van der Waals surface area contributed by atoms with Crippen LogP contribution in [0, 0.1) is 6.92 Å². The monoisotopic (exact) mass is 310 g/mol. The summed E-state index contributed by atoms with van der Waals surface area (Å²) in [5.41, 5.74) is 5.78. The van der Waals surface area contributed by atoms with E-state index in [9.17, 15) is 5.11 Å². The lowest BCUT2D eigenvalue weighted by molar-refractivity contribution is 0.423. The molecule has 2 rings (SSSR count). The summed E-state index contributed by atoms with van der Waals surface area (Å²) in [5, 5.41) is 10.8. The standard InChI is InChI=1S/C22H30O/c1-15-9-8-10-16(11-15)12-17-13-18(21(2,3)4)20(23)19(14-17)22(5,6)7/h8-11,13-14,23H,12H2,1-7H3. The maximum Gasteiger partial charge on any atom is 0.123 e. The number of aromatic hydroxyl groups is 1. The first kappa shape index (κ1) is 17.6. The third-order valence-corrected chi connectivity index (χ3v) is 4.28. The Balaban J connectivity index is 2.56. The minimum atomic E-state index is -0.0767. The summed E-state index contributed by atoms with van der Waals surface area (Å²) in [7, 11) is 0. The molecule has 0 saturated carbocycles. The molecule has 0 aliphatic heterocycles. The van der Waals surface area contributed by atoms with Crippen molar-refractivity contribution in [1.82, 2.24) is 0 Å². The Labute approximate surface area is 141 Å². The Kier molecular flexibility index (Phi) is 4.61. The minimum absolute atomic E-state index is 0.0767. The molecule has 0 amide bonds. The van der Waals surface area contributed by atoms with Crippen molar-refractivity contribution in [2.75, 3.05) is 0 Å². The van der Waals surface area contributed by atoms with Crippen molar-refractivity contribution in [3.05, 3.63) is 64.2 Å². The van der Waals surface area contributed by atoms with E-state index >= 15 is 0 Å². The predicted octanol–water partition coefficient (Wildman–Crippen LogP) is 5.89. The topological polar surface area (TPSA) is 20.2 Å². The molecule has 0 spiro atoms. The quantitative estimate of drug-likeness (QED) is 0.733. The van der Waals surface area contributed by atoms with Gasteiger partial charge in [0.05, 0.1) is 0 Å². The molecule has 0 unspecified atom stereocenters. The first-order valence-electron chi connectivity index (χ1n) is 8.41. The highest BCUT2D eigenvalue weighted by Crippen LogP contribution is 2.40. The molecule has 1 nitrogen and oxygen atoms in total. The molecule has 2 aromatic carbocycles. The third-order valence-electron chi connectivity index (χ3n) is 4.28. The molecule has 0 aliphatic rings. The van der Waals surface area contributed by atoms with Crippen LogP contribution in [0.3, 0.4) is 0 Å². The second-order valence-corrected chi connectivity index (χ2v) is 8.71. The average Bonchev–Trinajstić information content (AvgIpc) is 2.38.